The van der Waals surface area contributed by atoms with Gasteiger partial charge in [0.25, 0.3) is 0 Å². The van der Waals surface area contributed by atoms with Gasteiger partial charge in [-0.15, -0.1) is 0 Å². The molecule has 0 N–H and O–H groups in total. The van der Waals surface area contributed by atoms with E-state index < -0.39 is 133 Å². The van der Waals surface area contributed by atoms with E-state index in [2.05, 4.69) is 47.4 Å². The third-order valence-corrected chi connectivity index (χ3v) is 21.6. The molecule has 0 aromatic heterocycles. The van der Waals surface area contributed by atoms with Crippen molar-refractivity contribution in [3.63, 3.8) is 0 Å². The zero-order valence-corrected chi connectivity index (χ0v) is 67.3. The molecule has 0 saturated carbocycles. The van der Waals surface area contributed by atoms with Crippen LogP contribution in [0.15, 0.2) is 309 Å². The van der Waals surface area contributed by atoms with Gasteiger partial charge in [-0.05, 0) is 195 Å². The first-order valence-electron chi connectivity index (χ1n) is 39.3. The second-order valence-corrected chi connectivity index (χ2v) is 30.4. The Morgan fingerprint density at radius 3 is 0.583 bits per heavy atom. The van der Waals surface area contributed by atoms with Gasteiger partial charge in [-0.2, -0.15) is 105 Å². The minimum Gasteiger partial charge on any atom is -0.289 e. The highest BCUT2D eigenvalue weighted by atomic mass is 19.4. The Hall–Kier alpha value is -15.3. The van der Waals surface area contributed by atoms with Gasteiger partial charge in [0.05, 0.1) is 38.9 Å². The van der Waals surface area contributed by atoms with Crippen molar-refractivity contribution in [3.05, 3.63) is 460 Å². The van der Waals surface area contributed by atoms with E-state index in [0.717, 1.165) is 12.1 Å². The van der Waals surface area contributed by atoms with Gasteiger partial charge in [-0.25, -0.2) is 0 Å². The summed E-state index contributed by atoms with van der Waals surface area (Å²) in [6.45, 7) is 1.46. The number of allylic oxidation sites excluding steroid dienone is 8. The van der Waals surface area contributed by atoms with E-state index in [9.17, 15) is 92.2 Å². The number of hydrogen-bond acceptors (Lipinski definition) is 2. The molecule has 1 unspecified atom stereocenters. The number of benzene rings is 13. The van der Waals surface area contributed by atoms with Crippen molar-refractivity contribution >= 4 is 56.2 Å². The summed E-state index contributed by atoms with van der Waals surface area (Å²) in [6.07, 6.45) is -41.3. The third kappa shape index (κ3) is 19.2. The van der Waals surface area contributed by atoms with Crippen LogP contribution in [0.25, 0.3) is 44.6 Å². The Morgan fingerprint density at radius 1 is 0.174 bits per heavy atom. The lowest BCUT2D eigenvalue weighted by atomic mass is 9.68. The van der Waals surface area contributed by atoms with Crippen LogP contribution in [0.5, 0.6) is 0 Å². The zero-order valence-electron chi connectivity index (χ0n) is 67.3. The highest BCUT2D eigenvalue weighted by molar-refractivity contribution is 6.60. The van der Waals surface area contributed by atoms with E-state index in [1.807, 2.05) is 0 Å². The Kier molecular flexibility index (Phi) is 24.2. The van der Waals surface area contributed by atoms with Gasteiger partial charge < -0.3 is 0 Å². The average molecular weight is 1820 g/mol. The summed E-state index contributed by atoms with van der Waals surface area (Å²) < 4.78 is 346. The lowest BCUT2D eigenvalue weighted by molar-refractivity contribution is -0.166. The van der Waals surface area contributed by atoms with Crippen LogP contribution in [0.4, 0.5) is 105 Å². The smallest absolute Gasteiger partial charge is 0.289 e. The molecule has 0 amide bonds. The SMILES string of the molecule is Cc1cc(C#Cc2ccc(C3=C(c4ccc(C(c5ccccc5)(c5ccc(C6=C(c7ccc(C#Cc8cc(C(F)(F)F)cc(C(F)(F)F)c8)cc7)C(=O)C(c7ccc(C#Cc8cc(C(F)(F)F)cc(C(F)(F)F)c8)cc7)=C6c6ccccc6)cc5)C(F)(F)F)cc4)C(c4ccccc4)=C(c4ccc(C#Cc5cc(C(F)(F)F)cc(C(F)(F)F)c5)cc4)C3=O)cc2)cc(C(F)(F)F)c1. The summed E-state index contributed by atoms with van der Waals surface area (Å²) in [4.78, 5) is 31.9. The van der Waals surface area contributed by atoms with E-state index in [-0.39, 0.29) is 135 Å². The summed E-state index contributed by atoms with van der Waals surface area (Å²) >= 11 is 0. The quantitative estimate of drug-likeness (QED) is 0.0735. The van der Waals surface area contributed by atoms with Crippen LogP contribution in [-0.2, 0) is 58.2 Å². The number of ketones is 2. The van der Waals surface area contributed by atoms with Crippen LogP contribution in [0.2, 0.25) is 0 Å². The summed E-state index contributed by atoms with van der Waals surface area (Å²) in [6, 6.07) is 61.0. The maximum atomic E-state index is 17.6. The molecule has 0 aliphatic heterocycles. The van der Waals surface area contributed by atoms with Gasteiger partial charge in [0.1, 0.15) is 5.41 Å². The molecular formula is C106H54F24O2. The molecule has 0 heterocycles. The lowest BCUT2D eigenvalue weighted by Crippen LogP contribution is -2.44. The van der Waals surface area contributed by atoms with Gasteiger partial charge in [-0.1, -0.05) is 235 Å². The van der Waals surface area contributed by atoms with Crippen molar-refractivity contribution in [2.45, 2.75) is 61.7 Å². The van der Waals surface area contributed by atoms with Crippen molar-refractivity contribution in [1.82, 2.24) is 0 Å². The topological polar surface area (TPSA) is 34.1 Å². The molecule has 0 bridgehead atoms. The lowest BCUT2D eigenvalue weighted by Gasteiger charge is -2.38. The molecule has 15 rings (SSSR count). The maximum Gasteiger partial charge on any atom is 0.416 e. The van der Waals surface area contributed by atoms with E-state index in [1.165, 1.54) is 189 Å². The van der Waals surface area contributed by atoms with Crippen molar-refractivity contribution in [1.29, 1.82) is 0 Å². The Labute approximate surface area is 736 Å². The largest absolute Gasteiger partial charge is 0.416 e. The second kappa shape index (κ2) is 35.0. The fourth-order valence-corrected chi connectivity index (χ4v) is 15.7. The third-order valence-electron chi connectivity index (χ3n) is 21.6. The van der Waals surface area contributed by atoms with Gasteiger partial charge in [0, 0.05) is 89.1 Å². The maximum absolute atomic E-state index is 17.6. The first kappa shape index (κ1) is 91.5. The number of carbonyl (C=O) groups excluding carboxylic acids is 2. The van der Waals surface area contributed by atoms with Gasteiger partial charge in [0.2, 0.25) is 0 Å². The molecule has 0 fully saturated rings. The summed E-state index contributed by atoms with van der Waals surface area (Å²) in [5.74, 6) is 18.9. The van der Waals surface area contributed by atoms with Crippen molar-refractivity contribution < 1.29 is 115 Å². The average Bonchev–Trinajstić information content (AvgIpc) is 1.25. The minimum atomic E-state index is -5.31. The van der Waals surface area contributed by atoms with E-state index >= 15 is 22.8 Å². The number of halogens is 24. The normalized spacial score (nSPS) is 14.0. The highest BCUT2D eigenvalue weighted by Gasteiger charge is 2.59. The van der Waals surface area contributed by atoms with Crippen LogP contribution in [0, 0.1) is 54.3 Å². The molecule has 26 heteroatoms. The Balaban J connectivity index is 0.881. The first-order valence-corrected chi connectivity index (χ1v) is 39.3. The molecule has 658 valence electrons. The minimum absolute atomic E-state index is 0.0000192. The molecule has 13 aromatic carbocycles. The molecule has 2 aliphatic carbocycles. The van der Waals surface area contributed by atoms with Crippen molar-refractivity contribution in [2.24, 2.45) is 0 Å². The van der Waals surface area contributed by atoms with Crippen LogP contribution in [0.1, 0.15) is 150 Å². The number of aryl methyl sites for hydroxylation is 1. The number of rotatable bonds is 11. The number of hydrogen-bond donors (Lipinski definition) is 0. The molecule has 132 heavy (non-hydrogen) atoms. The molecule has 0 saturated heterocycles. The highest BCUT2D eigenvalue weighted by Crippen LogP contribution is 2.56. The van der Waals surface area contributed by atoms with E-state index in [4.69, 9.17) is 0 Å². The fourth-order valence-electron chi connectivity index (χ4n) is 15.7. The van der Waals surface area contributed by atoms with Crippen molar-refractivity contribution in [2.75, 3.05) is 0 Å². The van der Waals surface area contributed by atoms with Crippen LogP contribution >= 0.6 is 0 Å². The van der Waals surface area contributed by atoms with Gasteiger partial charge in [0.15, 0.2) is 11.6 Å². The fraction of sp³-hybridized carbons (Fsp3) is 0.0943. The molecule has 13 aromatic rings. The zero-order chi connectivity index (χ0) is 94.6. The first-order chi connectivity index (χ1) is 62.2. The molecule has 2 nitrogen and oxygen atoms in total. The summed E-state index contributed by atoms with van der Waals surface area (Å²) in [5.41, 5.74) is -14.6. The van der Waals surface area contributed by atoms with Crippen LogP contribution in [0.3, 0.4) is 0 Å². The number of Topliss-reactive ketones (excluding diaryl/α,β-unsaturated/α-hetero) is 2. The Morgan fingerprint density at radius 2 is 0.356 bits per heavy atom. The molecule has 0 radical (unpaired) electrons. The van der Waals surface area contributed by atoms with E-state index in [1.54, 1.807) is 60.7 Å². The predicted octanol–water partition coefficient (Wildman–Crippen LogP) is 28.8. The van der Waals surface area contributed by atoms with Crippen LogP contribution in [-0.4, -0.2) is 17.7 Å². The Bertz CT molecular complexity index is 7030. The van der Waals surface area contributed by atoms with Crippen molar-refractivity contribution in [3.8, 4) is 47.4 Å². The monoisotopic (exact) mass is 1810 g/mol. The molecule has 2 aliphatic rings. The summed E-state index contributed by atoms with van der Waals surface area (Å²) in [7, 11) is 0. The molecular weight excluding hydrogens is 1760 g/mol. The molecule has 0 spiro atoms. The van der Waals surface area contributed by atoms with Gasteiger partial charge in [-0.3, -0.25) is 9.59 Å². The van der Waals surface area contributed by atoms with Gasteiger partial charge >= 0.3 is 49.4 Å². The van der Waals surface area contributed by atoms with E-state index in [0.29, 0.717) is 47.5 Å². The second-order valence-electron chi connectivity index (χ2n) is 30.4. The van der Waals surface area contributed by atoms with Crippen LogP contribution < -0.4 is 0 Å². The predicted molar refractivity (Wildman–Crippen MR) is 451 cm³/mol. The standard InChI is InChI=1S/C106H54F24O2/c1-61-49-66(51-81(50-61)99(107,108)109)21-17-62-25-37-76(38-26-62)94-90(88(70-11-5-2-6-12-70)92(96(94)131)74-33-27-63(28-34-74)18-22-67-52-82(100(110,111)112)58-83(53-67)101(113,114)115)72-41-45-79(46-42-72)98(106(128,129)130,78-15-9-4-10-16-78)80-47-43-73(44-48-80)91-89(71-13-7-3-8-14-71)93(75-35-29-64(30-36-75)19-23-68-54-84(102(116,117)118)59-85(55-68)103(119,120)121)97(132)95(91)77-39-31-65(32-40-77)20-24-69-56-86(104(122,123)124)60-87(57-69)105(125,126)127/h2-16,25-60H,1H3. The summed E-state index contributed by atoms with van der Waals surface area (Å²) in [5, 5.41) is 0. The number of carbonyl (C=O) groups is 2. The molecule has 1 atom stereocenters. The number of alkyl halides is 24.